The van der Waals surface area contributed by atoms with Crippen molar-refractivity contribution in [3.63, 3.8) is 0 Å². The van der Waals surface area contributed by atoms with E-state index in [0.29, 0.717) is 38.5 Å². The number of benzene rings is 2. The Bertz CT molecular complexity index is 904. The molecule has 1 N–H and O–H groups in total. The molecule has 0 bridgehead atoms. The predicted octanol–water partition coefficient (Wildman–Crippen LogP) is 4.21. The van der Waals surface area contributed by atoms with Crippen LogP contribution in [0.1, 0.15) is 5.56 Å². The van der Waals surface area contributed by atoms with Gasteiger partial charge in [0.05, 0.1) is 31.4 Å². The summed E-state index contributed by atoms with van der Waals surface area (Å²) in [5.74, 6) is 0.122. The van der Waals surface area contributed by atoms with Gasteiger partial charge in [0.2, 0.25) is 5.75 Å². The highest BCUT2D eigenvalue weighted by Gasteiger charge is 2.12. The van der Waals surface area contributed by atoms with Gasteiger partial charge in [0.15, 0.2) is 18.1 Å². The fourth-order valence-electron chi connectivity index (χ4n) is 2.32. The number of amides is 1. The summed E-state index contributed by atoms with van der Waals surface area (Å²) in [6, 6.07) is 7.96. The molecule has 2 aromatic carbocycles. The molecule has 0 aromatic heterocycles. The summed E-state index contributed by atoms with van der Waals surface area (Å²) in [7, 11) is 4.48. The number of carbonyl (C=O) groups is 2. The van der Waals surface area contributed by atoms with Crippen LogP contribution in [0, 0.1) is 0 Å². The van der Waals surface area contributed by atoms with Crippen molar-refractivity contribution in [2.75, 3.05) is 33.3 Å². The van der Waals surface area contributed by atoms with Gasteiger partial charge in [-0.2, -0.15) is 0 Å². The van der Waals surface area contributed by atoms with E-state index in [-0.39, 0.29) is 0 Å². The van der Waals surface area contributed by atoms with Gasteiger partial charge in [0.1, 0.15) is 0 Å². The molecular weight excluding hydrogens is 421 g/mol. The standard InChI is InChI=1S/C20H19Cl2NO6/c1-26-16-8-12(9-17(27-2)20(16)28-3)4-7-19(25)29-11-18(24)23-13-5-6-14(21)15(22)10-13/h4-10H,11H2,1-3H3,(H,23,24). The number of methoxy groups -OCH3 is 3. The molecule has 0 atom stereocenters. The fourth-order valence-corrected chi connectivity index (χ4v) is 2.62. The van der Waals surface area contributed by atoms with E-state index >= 15 is 0 Å². The van der Waals surface area contributed by atoms with E-state index in [2.05, 4.69) is 5.32 Å². The van der Waals surface area contributed by atoms with E-state index in [1.54, 1.807) is 24.3 Å². The van der Waals surface area contributed by atoms with Crippen LogP contribution in [-0.2, 0) is 14.3 Å². The summed E-state index contributed by atoms with van der Waals surface area (Å²) in [6.45, 7) is -0.460. The van der Waals surface area contributed by atoms with Crippen LogP contribution < -0.4 is 19.5 Å². The molecule has 7 nitrogen and oxygen atoms in total. The minimum Gasteiger partial charge on any atom is -0.493 e. The van der Waals surface area contributed by atoms with Crippen molar-refractivity contribution in [3.05, 3.63) is 52.0 Å². The third kappa shape index (κ3) is 6.30. The highest BCUT2D eigenvalue weighted by Crippen LogP contribution is 2.38. The van der Waals surface area contributed by atoms with Gasteiger partial charge >= 0.3 is 5.97 Å². The number of hydrogen-bond donors (Lipinski definition) is 1. The number of ether oxygens (including phenoxy) is 4. The van der Waals surface area contributed by atoms with Gasteiger partial charge in [-0.15, -0.1) is 0 Å². The molecule has 0 aliphatic heterocycles. The Morgan fingerprint density at radius 3 is 2.17 bits per heavy atom. The predicted molar refractivity (Wildman–Crippen MR) is 111 cm³/mol. The quantitative estimate of drug-likeness (QED) is 0.489. The summed E-state index contributed by atoms with van der Waals surface area (Å²) in [5.41, 5.74) is 1.06. The second-order valence-corrected chi connectivity index (χ2v) is 6.39. The van der Waals surface area contributed by atoms with Gasteiger partial charge in [-0.05, 0) is 42.0 Å². The minimum atomic E-state index is -0.692. The summed E-state index contributed by atoms with van der Waals surface area (Å²) < 4.78 is 20.7. The number of anilines is 1. The molecule has 0 unspecified atom stereocenters. The number of rotatable bonds is 8. The van der Waals surface area contributed by atoms with Gasteiger partial charge in [0, 0.05) is 11.8 Å². The molecule has 0 saturated carbocycles. The van der Waals surface area contributed by atoms with Crippen LogP contribution in [0.2, 0.25) is 10.0 Å². The Hall–Kier alpha value is -2.90. The largest absolute Gasteiger partial charge is 0.493 e. The monoisotopic (exact) mass is 439 g/mol. The first-order chi connectivity index (χ1) is 13.9. The third-order valence-corrected chi connectivity index (χ3v) is 4.39. The average molecular weight is 440 g/mol. The van der Waals surface area contributed by atoms with Crippen LogP contribution in [0.15, 0.2) is 36.4 Å². The number of esters is 1. The Kier molecular flexibility index (Phi) is 8.18. The lowest BCUT2D eigenvalue weighted by Gasteiger charge is -2.12. The highest BCUT2D eigenvalue weighted by molar-refractivity contribution is 6.42. The normalized spacial score (nSPS) is 10.5. The van der Waals surface area contributed by atoms with Crippen LogP contribution >= 0.6 is 23.2 Å². The Labute approximate surface area is 178 Å². The molecule has 0 aliphatic rings. The van der Waals surface area contributed by atoms with E-state index in [1.807, 2.05) is 0 Å². The maximum Gasteiger partial charge on any atom is 0.331 e. The molecule has 0 saturated heterocycles. The number of nitrogens with one attached hydrogen (secondary N) is 1. The van der Waals surface area contributed by atoms with Crippen LogP contribution in [-0.4, -0.2) is 39.8 Å². The smallest absolute Gasteiger partial charge is 0.331 e. The molecule has 0 fully saturated rings. The van der Waals surface area contributed by atoms with Crippen molar-refractivity contribution >= 4 is 46.8 Å². The zero-order valence-corrected chi connectivity index (χ0v) is 17.5. The highest BCUT2D eigenvalue weighted by atomic mass is 35.5. The fraction of sp³-hybridized carbons (Fsp3) is 0.200. The molecule has 0 aliphatic carbocycles. The van der Waals surface area contributed by atoms with Crippen molar-refractivity contribution in [3.8, 4) is 17.2 Å². The molecule has 29 heavy (non-hydrogen) atoms. The van der Waals surface area contributed by atoms with Crippen LogP contribution in [0.4, 0.5) is 5.69 Å². The first-order valence-electron chi connectivity index (χ1n) is 8.27. The van der Waals surface area contributed by atoms with Crippen molar-refractivity contribution in [2.24, 2.45) is 0 Å². The molecule has 0 radical (unpaired) electrons. The second kappa shape index (κ2) is 10.6. The number of hydrogen-bond acceptors (Lipinski definition) is 6. The minimum absolute atomic E-state index is 0.301. The summed E-state index contributed by atoms with van der Waals surface area (Å²) in [5, 5.41) is 3.22. The molecule has 0 spiro atoms. The lowest BCUT2D eigenvalue weighted by atomic mass is 10.1. The lowest BCUT2D eigenvalue weighted by Crippen LogP contribution is -2.20. The van der Waals surface area contributed by atoms with Crippen molar-refractivity contribution < 1.29 is 28.5 Å². The van der Waals surface area contributed by atoms with E-state index in [4.69, 9.17) is 42.1 Å². The maximum absolute atomic E-state index is 11.9. The van der Waals surface area contributed by atoms with Crippen molar-refractivity contribution in [2.45, 2.75) is 0 Å². The molecule has 1 amide bonds. The summed E-state index contributed by atoms with van der Waals surface area (Å²) in [6.07, 6.45) is 2.69. The zero-order chi connectivity index (χ0) is 21.4. The van der Waals surface area contributed by atoms with Crippen LogP contribution in [0.3, 0.4) is 0 Å². The van der Waals surface area contributed by atoms with Crippen LogP contribution in [0.25, 0.3) is 6.08 Å². The third-order valence-electron chi connectivity index (χ3n) is 3.65. The Morgan fingerprint density at radius 1 is 0.966 bits per heavy atom. The topological polar surface area (TPSA) is 83.1 Å². The van der Waals surface area contributed by atoms with Crippen LogP contribution in [0.5, 0.6) is 17.2 Å². The average Bonchev–Trinajstić information content (AvgIpc) is 2.72. The van der Waals surface area contributed by atoms with Crippen molar-refractivity contribution in [1.29, 1.82) is 0 Å². The zero-order valence-electron chi connectivity index (χ0n) is 16.0. The molecular formula is C20H19Cl2NO6. The van der Waals surface area contributed by atoms with Gasteiger partial charge < -0.3 is 24.3 Å². The van der Waals surface area contributed by atoms with Gasteiger partial charge in [-0.3, -0.25) is 4.79 Å². The van der Waals surface area contributed by atoms with E-state index in [9.17, 15) is 9.59 Å². The first-order valence-corrected chi connectivity index (χ1v) is 9.03. The second-order valence-electron chi connectivity index (χ2n) is 5.58. The Morgan fingerprint density at radius 2 is 1.62 bits per heavy atom. The summed E-state index contributed by atoms with van der Waals surface area (Å²) >= 11 is 11.7. The van der Waals surface area contributed by atoms with E-state index in [0.717, 1.165) is 0 Å². The number of carbonyl (C=O) groups excluding carboxylic acids is 2. The van der Waals surface area contributed by atoms with Crippen molar-refractivity contribution in [1.82, 2.24) is 0 Å². The first kappa shape index (κ1) is 22.4. The SMILES string of the molecule is COc1cc(C=CC(=O)OCC(=O)Nc2ccc(Cl)c(Cl)c2)cc(OC)c1OC. The molecule has 2 aromatic rings. The molecule has 2 rings (SSSR count). The van der Waals surface area contributed by atoms with E-state index in [1.165, 1.54) is 39.5 Å². The maximum atomic E-state index is 11.9. The summed E-state index contributed by atoms with van der Waals surface area (Å²) in [4.78, 5) is 23.8. The molecule has 0 heterocycles. The van der Waals surface area contributed by atoms with Gasteiger partial charge in [0.25, 0.3) is 5.91 Å². The molecule has 154 valence electrons. The van der Waals surface area contributed by atoms with Gasteiger partial charge in [-0.1, -0.05) is 23.2 Å². The van der Waals surface area contributed by atoms with Gasteiger partial charge in [-0.25, -0.2) is 4.79 Å². The number of halogens is 2. The molecule has 9 heteroatoms. The van der Waals surface area contributed by atoms with E-state index < -0.39 is 18.5 Å². The lowest BCUT2D eigenvalue weighted by molar-refractivity contribution is -0.142. The Balaban J connectivity index is 1.95.